The first kappa shape index (κ1) is 69.0. The number of rotatable bonds is 15. The number of unbranched alkanes of at least 4 members (excludes halogenated alkanes) is 1. The van der Waals surface area contributed by atoms with E-state index < -0.39 is 0 Å². The largest absolute Gasteiger partial charge is 0.396 e. The Morgan fingerprint density at radius 2 is 0.596 bits per heavy atom. The highest BCUT2D eigenvalue weighted by Gasteiger charge is 2.27. The molecule has 0 unspecified atom stereocenters. The van der Waals surface area contributed by atoms with Crippen molar-refractivity contribution in [2.75, 3.05) is 12.3 Å². The normalized spacial score (nSPS) is 11.9. The number of fused-ring (bicyclic) bond motifs is 12. The molecule has 20 aromatic rings. The van der Waals surface area contributed by atoms with Crippen LogP contribution in [0.25, 0.3) is 178 Å². The summed E-state index contributed by atoms with van der Waals surface area (Å²) in [5.41, 5.74) is 35.7. The van der Waals surface area contributed by atoms with Gasteiger partial charge in [-0.1, -0.05) is 138 Å². The number of aryl methyl sites for hydroxylation is 3. The molecule has 0 radical (unpaired) electrons. The molecule has 0 spiro atoms. The van der Waals surface area contributed by atoms with Crippen molar-refractivity contribution in [1.29, 1.82) is 0 Å². The lowest BCUT2D eigenvalue weighted by Gasteiger charge is -2.10. The van der Waals surface area contributed by atoms with E-state index >= 15 is 0 Å². The minimum absolute atomic E-state index is 0.139. The molecule has 0 aliphatic heterocycles. The SMILES string of the molecule is CCCCn1c(N)c(-c2nc3ccccc3[nH]2)c2nc3ccccc3nc21.Cc1c(-c2nc3ccccc3[nH]2)c2nc3ccccc3nc2n1CC(C)C.Cc1c(-c2nc3ccccc3[nH]2)c2nc3ccccc3nc2n1CCC(C)C.Cc1c(-c2nc3ccccc3[nH]2)c2nc3ccccc3nc2n1CCCO. The lowest BCUT2D eigenvalue weighted by Crippen LogP contribution is -2.07. The predicted molar refractivity (Wildman–Crippen MR) is 440 cm³/mol. The van der Waals surface area contributed by atoms with Crippen LogP contribution in [0.5, 0.6) is 0 Å². The highest BCUT2D eigenvalue weighted by atomic mass is 16.3. The Labute approximate surface area is 626 Å². The van der Waals surface area contributed by atoms with Crippen molar-refractivity contribution in [3.63, 3.8) is 0 Å². The van der Waals surface area contributed by atoms with Gasteiger partial charge in [-0.25, -0.2) is 59.8 Å². The van der Waals surface area contributed by atoms with E-state index in [-0.39, 0.29) is 6.61 Å². The van der Waals surface area contributed by atoms with Crippen molar-refractivity contribution in [3.8, 4) is 45.6 Å². The second-order valence-electron chi connectivity index (χ2n) is 28.7. The zero-order chi connectivity index (χ0) is 74.6. The quantitative estimate of drug-likeness (QED) is 0.0557. The van der Waals surface area contributed by atoms with E-state index in [1.165, 1.54) is 0 Å². The number of nitrogens with one attached hydrogen (secondary N) is 4. The van der Waals surface area contributed by atoms with Crippen molar-refractivity contribution < 1.29 is 5.11 Å². The van der Waals surface area contributed by atoms with Crippen molar-refractivity contribution in [3.05, 3.63) is 211 Å². The molecular weight excluding hydrogens is 1360 g/mol. The molecule has 0 saturated heterocycles. The van der Waals surface area contributed by atoms with Crippen LogP contribution >= 0.6 is 0 Å². The third kappa shape index (κ3) is 12.9. The number of aromatic nitrogens is 20. The zero-order valence-electron chi connectivity index (χ0n) is 62.2. The van der Waals surface area contributed by atoms with Gasteiger partial charge >= 0.3 is 0 Å². The van der Waals surface area contributed by atoms with Crippen LogP contribution in [0.1, 0.15) is 77.4 Å². The topological polar surface area (TPSA) is 284 Å². The molecule has 0 bridgehead atoms. The molecule has 0 amide bonds. The third-order valence-corrected chi connectivity index (χ3v) is 20.3. The molecule has 20 rings (SSSR count). The molecule has 0 atom stereocenters. The number of para-hydroxylation sites is 16. The molecule has 0 aliphatic carbocycles. The molecule has 542 valence electrons. The number of nitrogens with two attached hydrogens (primary N) is 1. The van der Waals surface area contributed by atoms with Crippen molar-refractivity contribution in [2.45, 2.75) is 107 Å². The molecule has 109 heavy (non-hydrogen) atoms. The number of anilines is 1. The van der Waals surface area contributed by atoms with Gasteiger partial charge in [0.1, 0.15) is 51.2 Å². The summed E-state index contributed by atoms with van der Waals surface area (Å²) in [4.78, 5) is 72.4. The van der Waals surface area contributed by atoms with Gasteiger partial charge in [-0.3, -0.25) is 0 Å². The zero-order valence-corrected chi connectivity index (χ0v) is 62.2. The average molecular weight is 1440 g/mol. The van der Waals surface area contributed by atoms with Crippen molar-refractivity contribution in [1.82, 2.24) is 98.0 Å². The second-order valence-corrected chi connectivity index (χ2v) is 28.7. The number of aliphatic hydroxyl groups excluding tert-OH is 1. The molecule has 22 nitrogen and oxygen atoms in total. The van der Waals surface area contributed by atoms with Crippen LogP contribution in [0.15, 0.2) is 194 Å². The summed E-state index contributed by atoms with van der Waals surface area (Å²) < 4.78 is 8.79. The van der Waals surface area contributed by atoms with Crippen LogP contribution in [-0.4, -0.2) is 110 Å². The van der Waals surface area contributed by atoms with Crippen LogP contribution in [0.4, 0.5) is 5.82 Å². The van der Waals surface area contributed by atoms with Crippen LogP contribution < -0.4 is 5.73 Å². The summed E-state index contributed by atoms with van der Waals surface area (Å²) in [6.45, 7) is 20.9. The average Bonchev–Trinajstić information content (AvgIpc) is 1.61. The van der Waals surface area contributed by atoms with Crippen LogP contribution in [0.3, 0.4) is 0 Å². The molecule has 8 aromatic carbocycles. The van der Waals surface area contributed by atoms with E-state index in [0.717, 1.165) is 234 Å². The summed E-state index contributed by atoms with van der Waals surface area (Å²) in [6.07, 6.45) is 3.87. The smallest absolute Gasteiger partial charge is 0.161 e. The second kappa shape index (κ2) is 29.0. The number of benzene rings is 8. The molecule has 7 N–H and O–H groups in total. The van der Waals surface area contributed by atoms with Crippen LogP contribution in [0.2, 0.25) is 0 Å². The number of hydrogen-bond donors (Lipinski definition) is 6. The number of H-pyrrole nitrogens is 4. The fourth-order valence-corrected chi connectivity index (χ4v) is 14.8. The predicted octanol–water partition coefficient (Wildman–Crippen LogP) is 18.9. The minimum Gasteiger partial charge on any atom is -0.396 e. The molecule has 0 aliphatic rings. The number of imidazole rings is 4. The first-order valence-electron chi connectivity index (χ1n) is 37.5. The maximum atomic E-state index is 9.31. The molecular formula is C87H83N21O. The van der Waals surface area contributed by atoms with E-state index in [4.69, 9.17) is 65.5 Å². The number of nitrogens with zero attached hydrogens (tertiary/aromatic N) is 16. The van der Waals surface area contributed by atoms with Gasteiger partial charge in [0.05, 0.1) is 111 Å². The van der Waals surface area contributed by atoms with Crippen molar-refractivity contribution in [2.24, 2.45) is 11.8 Å². The Bertz CT molecular complexity index is 6460. The van der Waals surface area contributed by atoms with Crippen LogP contribution in [-0.2, 0) is 26.2 Å². The van der Waals surface area contributed by atoms with Crippen LogP contribution in [0, 0.1) is 32.6 Å². The van der Waals surface area contributed by atoms with Gasteiger partial charge in [0.2, 0.25) is 0 Å². The highest BCUT2D eigenvalue weighted by molar-refractivity contribution is 6.03. The van der Waals surface area contributed by atoms with E-state index in [1.54, 1.807) is 0 Å². The third-order valence-electron chi connectivity index (χ3n) is 20.3. The van der Waals surface area contributed by atoms with E-state index in [2.05, 4.69) is 106 Å². The minimum atomic E-state index is 0.139. The number of hydrogen-bond acceptors (Lipinski definition) is 14. The first-order valence-corrected chi connectivity index (χ1v) is 37.5. The highest BCUT2D eigenvalue weighted by Crippen LogP contribution is 2.40. The maximum Gasteiger partial charge on any atom is 0.161 e. The van der Waals surface area contributed by atoms with E-state index in [0.29, 0.717) is 30.6 Å². The Balaban J connectivity index is 0.000000106. The lowest BCUT2D eigenvalue weighted by atomic mass is 10.1. The number of aromatic amines is 4. The molecule has 12 aromatic heterocycles. The fraction of sp³-hybridized carbons (Fsp3) is 0.218. The number of aliphatic hydroxyl groups is 1. The van der Waals surface area contributed by atoms with Gasteiger partial charge in [0, 0.05) is 49.9 Å². The molecule has 0 saturated carbocycles. The summed E-state index contributed by atoms with van der Waals surface area (Å²) in [6, 6.07) is 64.1. The Kier molecular flexibility index (Phi) is 18.4. The molecule has 12 heterocycles. The monoisotopic (exact) mass is 1440 g/mol. The Hall–Kier alpha value is -13.1. The van der Waals surface area contributed by atoms with Gasteiger partial charge in [-0.2, -0.15) is 0 Å². The Morgan fingerprint density at radius 1 is 0.321 bits per heavy atom. The van der Waals surface area contributed by atoms with Gasteiger partial charge < -0.3 is 49.0 Å². The van der Waals surface area contributed by atoms with Gasteiger partial charge in [-0.15, -0.1) is 0 Å². The first-order chi connectivity index (χ1) is 53.2. The standard InChI is InChI=1S/C23H23N5.C22H21N5.C21H20N6.C21H19N5O/c1-14(2)12-13-28-15(3)20(22-25-17-9-5-6-10-18(17)26-22)21-23(28)27-19-11-7-4-8-16(19)24-21;1-13(2)12-27-14(3)19(21-24-16-9-5-6-10-17(16)25-21)20-22(27)26-18-11-7-4-8-15(18)23-20;1-2-3-12-27-19(22)17(20-24-14-9-5-6-10-15(14)25-20)18-21(27)26-16-11-7-4-8-13(16)23-18;1-13-18(20-23-15-8-3-4-9-16(15)24-20)19-21(26(13)11-6-12-27)25-17-10-5-2-7-14(17)22-19/h4-11,14H,12-13H2,1-3H3,(H,25,26);4-11,13H,12H2,1-3H3,(H,24,25);4-11H,2-3,12,22H2,1H3,(H,24,25);2-5,7-10,27H,6,11-12H2,1H3,(H,23,24). The summed E-state index contributed by atoms with van der Waals surface area (Å²) >= 11 is 0. The number of nitrogen functional groups attached to an aromatic ring is 1. The van der Waals surface area contributed by atoms with E-state index in [1.807, 2.05) is 182 Å². The summed E-state index contributed by atoms with van der Waals surface area (Å²) in [5, 5.41) is 9.31. The fourth-order valence-electron chi connectivity index (χ4n) is 14.8. The lowest BCUT2D eigenvalue weighted by molar-refractivity contribution is 0.280. The Morgan fingerprint density at radius 3 is 0.917 bits per heavy atom. The van der Waals surface area contributed by atoms with Crippen molar-refractivity contribution >= 4 is 139 Å². The van der Waals surface area contributed by atoms with Gasteiger partial charge in [0.15, 0.2) is 22.6 Å². The summed E-state index contributed by atoms with van der Waals surface area (Å²) in [7, 11) is 0. The van der Waals surface area contributed by atoms with Gasteiger partial charge in [0.25, 0.3) is 0 Å². The maximum absolute atomic E-state index is 9.31. The van der Waals surface area contributed by atoms with E-state index in [9.17, 15) is 5.11 Å². The summed E-state index contributed by atoms with van der Waals surface area (Å²) in [5.74, 6) is 5.04. The molecule has 0 fully saturated rings. The molecule has 22 heteroatoms. The van der Waals surface area contributed by atoms with Gasteiger partial charge in [-0.05, 0) is 149 Å².